The summed E-state index contributed by atoms with van der Waals surface area (Å²) in [4.78, 5) is 0. The fraction of sp³-hybridized carbons (Fsp3) is 1.00. The predicted octanol–water partition coefficient (Wildman–Crippen LogP) is 0.578. The summed E-state index contributed by atoms with van der Waals surface area (Å²) in [7, 11) is 6.49. The van der Waals surface area contributed by atoms with E-state index in [2.05, 4.69) is 21.1 Å². The average molecular weight is 174 g/mol. The molecule has 3 nitrogen and oxygen atoms in total. The van der Waals surface area contributed by atoms with Gasteiger partial charge in [0.2, 0.25) is 0 Å². The van der Waals surface area contributed by atoms with E-state index in [1.165, 1.54) is 0 Å². The molecule has 0 aromatic carbocycles. The fourth-order valence-electron chi connectivity index (χ4n) is 1.72. The lowest BCUT2D eigenvalue weighted by Crippen LogP contribution is -2.51. The van der Waals surface area contributed by atoms with Crippen molar-refractivity contribution in [3.63, 3.8) is 0 Å². The second-order valence-corrected chi connectivity index (χ2v) is 4.64. The Morgan fingerprint density at radius 3 is 2.25 bits per heavy atom. The molecule has 0 aromatic heterocycles. The van der Waals surface area contributed by atoms with Gasteiger partial charge in [0.1, 0.15) is 0 Å². The number of hydrogen-bond acceptors (Lipinski definition) is 2. The molecule has 0 amide bonds. The Balaban J connectivity index is 2.55. The zero-order valence-electron chi connectivity index (χ0n) is 8.45. The summed E-state index contributed by atoms with van der Waals surface area (Å²) in [6.07, 6.45) is 1.43. The number of aliphatic hydroxyl groups excluding tert-OH is 1. The van der Waals surface area contributed by atoms with Crippen molar-refractivity contribution in [2.24, 2.45) is 0 Å². The highest BCUT2D eigenvalue weighted by Gasteiger charge is 2.33. The molecule has 1 N–H and O–H groups in total. The minimum Gasteiger partial charge on any atom is -0.368 e. The number of nitrogens with zero attached hydrogens (tertiary/aromatic N) is 1. The maximum Gasteiger partial charge on any atom is 0.160 e. The fourth-order valence-corrected chi connectivity index (χ4v) is 1.72. The Kier molecular flexibility index (Phi) is 2.76. The molecule has 0 bridgehead atoms. The van der Waals surface area contributed by atoms with Gasteiger partial charge < -0.3 is 14.3 Å². The van der Waals surface area contributed by atoms with Crippen LogP contribution in [0.3, 0.4) is 0 Å². The van der Waals surface area contributed by atoms with Crippen LogP contribution < -0.4 is 0 Å². The van der Waals surface area contributed by atoms with Crippen LogP contribution >= 0.6 is 0 Å². The molecule has 0 aliphatic carbocycles. The van der Waals surface area contributed by atoms with Gasteiger partial charge in [0.15, 0.2) is 6.29 Å². The van der Waals surface area contributed by atoms with E-state index in [1.807, 2.05) is 6.92 Å². The Morgan fingerprint density at radius 2 is 1.83 bits per heavy atom. The summed E-state index contributed by atoms with van der Waals surface area (Å²) in [5.41, 5.74) is 0. The van der Waals surface area contributed by atoms with E-state index in [4.69, 9.17) is 4.74 Å². The molecular weight excluding hydrogens is 154 g/mol. The molecule has 1 aliphatic heterocycles. The molecule has 1 unspecified atom stereocenters. The van der Waals surface area contributed by atoms with Gasteiger partial charge in [-0.25, -0.2) is 0 Å². The van der Waals surface area contributed by atoms with Crippen LogP contribution in [0.4, 0.5) is 0 Å². The number of ether oxygens (including phenoxy) is 1. The molecule has 1 aliphatic rings. The smallest absolute Gasteiger partial charge is 0.160 e. The van der Waals surface area contributed by atoms with Crippen molar-refractivity contribution >= 4 is 0 Å². The van der Waals surface area contributed by atoms with Crippen LogP contribution in [0, 0.1) is 0 Å². The van der Waals surface area contributed by atoms with Crippen molar-refractivity contribution in [1.29, 1.82) is 0 Å². The largest absolute Gasteiger partial charge is 0.368 e. The number of quaternary nitrogens is 1. The Hall–Kier alpha value is -0.120. The van der Waals surface area contributed by atoms with Crippen molar-refractivity contribution < 1.29 is 14.3 Å². The van der Waals surface area contributed by atoms with Crippen LogP contribution in [0.2, 0.25) is 0 Å². The minimum absolute atomic E-state index is 0.191. The molecule has 72 valence electrons. The van der Waals surface area contributed by atoms with Gasteiger partial charge in [-0.3, -0.25) is 0 Å². The van der Waals surface area contributed by atoms with Gasteiger partial charge in [-0.15, -0.1) is 0 Å². The third-order valence-corrected chi connectivity index (χ3v) is 2.56. The lowest BCUT2D eigenvalue weighted by atomic mass is 10.0. The van der Waals surface area contributed by atoms with Crippen LogP contribution in [0.5, 0.6) is 0 Å². The molecule has 0 spiro atoms. The standard InChI is InChI=1S/C9H20NO2/c1-7-5-8(10(2,3)4)6-9(11)12-7/h7-9,11H,5-6H2,1-4H3/q+1/t7-,8+,9?/m1/s1. The third kappa shape index (κ3) is 2.44. The van der Waals surface area contributed by atoms with E-state index in [0.717, 1.165) is 17.3 Å². The lowest BCUT2D eigenvalue weighted by Gasteiger charge is -2.40. The molecule has 3 atom stereocenters. The second kappa shape index (κ2) is 3.32. The zero-order chi connectivity index (χ0) is 9.35. The van der Waals surface area contributed by atoms with E-state index >= 15 is 0 Å². The Bertz CT molecular complexity index is 143. The van der Waals surface area contributed by atoms with Crippen LogP contribution in [-0.4, -0.2) is 49.2 Å². The van der Waals surface area contributed by atoms with Crippen molar-refractivity contribution in [2.45, 2.75) is 38.2 Å². The average Bonchev–Trinajstić information content (AvgIpc) is 1.82. The molecule has 0 saturated carbocycles. The first-order valence-electron chi connectivity index (χ1n) is 4.54. The summed E-state index contributed by atoms with van der Waals surface area (Å²) in [5, 5.41) is 9.38. The molecule has 3 heteroatoms. The summed E-state index contributed by atoms with van der Waals surface area (Å²) < 4.78 is 6.16. The maximum atomic E-state index is 9.38. The quantitative estimate of drug-likeness (QED) is 0.589. The van der Waals surface area contributed by atoms with Gasteiger partial charge in [-0.1, -0.05) is 0 Å². The SMILES string of the molecule is C[C@@H]1C[C@H]([N+](C)(C)C)CC(O)O1. The summed E-state index contributed by atoms with van der Waals surface area (Å²) in [6, 6.07) is 0.517. The van der Waals surface area contributed by atoms with E-state index in [-0.39, 0.29) is 6.10 Å². The second-order valence-electron chi connectivity index (χ2n) is 4.64. The highest BCUT2D eigenvalue weighted by molar-refractivity contribution is 4.70. The molecule has 0 aromatic rings. The molecule has 1 rings (SSSR count). The molecule has 12 heavy (non-hydrogen) atoms. The maximum absolute atomic E-state index is 9.38. The normalized spacial score (nSPS) is 38.2. The van der Waals surface area contributed by atoms with Crippen LogP contribution in [0.1, 0.15) is 19.8 Å². The van der Waals surface area contributed by atoms with E-state index in [0.29, 0.717) is 6.04 Å². The minimum atomic E-state index is -0.559. The number of hydrogen-bond donors (Lipinski definition) is 1. The topological polar surface area (TPSA) is 29.5 Å². The van der Waals surface area contributed by atoms with Crippen molar-refractivity contribution in [3.8, 4) is 0 Å². The first kappa shape index (κ1) is 9.96. The van der Waals surface area contributed by atoms with E-state index in [1.54, 1.807) is 0 Å². The summed E-state index contributed by atoms with van der Waals surface area (Å²) in [6.45, 7) is 2.02. The van der Waals surface area contributed by atoms with Gasteiger partial charge >= 0.3 is 0 Å². The van der Waals surface area contributed by atoms with E-state index in [9.17, 15) is 5.11 Å². The van der Waals surface area contributed by atoms with Crippen molar-refractivity contribution in [2.75, 3.05) is 21.1 Å². The highest BCUT2D eigenvalue weighted by atomic mass is 16.6. The Labute approximate surface area is 74.5 Å². The van der Waals surface area contributed by atoms with Gasteiger partial charge in [0, 0.05) is 6.42 Å². The van der Waals surface area contributed by atoms with Gasteiger partial charge in [-0.2, -0.15) is 0 Å². The summed E-state index contributed by atoms with van der Waals surface area (Å²) >= 11 is 0. The molecular formula is C9H20NO2+. The predicted molar refractivity (Wildman–Crippen MR) is 47.6 cm³/mol. The molecule has 1 saturated heterocycles. The number of rotatable bonds is 1. The van der Waals surface area contributed by atoms with Crippen molar-refractivity contribution in [3.05, 3.63) is 0 Å². The lowest BCUT2D eigenvalue weighted by molar-refractivity contribution is -0.899. The highest BCUT2D eigenvalue weighted by Crippen LogP contribution is 2.23. The first-order valence-corrected chi connectivity index (χ1v) is 4.54. The van der Waals surface area contributed by atoms with Gasteiger partial charge in [0.05, 0.1) is 39.7 Å². The van der Waals surface area contributed by atoms with Crippen LogP contribution in [0.25, 0.3) is 0 Å². The first-order chi connectivity index (χ1) is 5.39. The zero-order valence-corrected chi connectivity index (χ0v) is 8.45. The van der Waals surface area contributed by atoms with Crippen LogP contribution in [-0.2, 0) is 4.74 Å². The third-order valence-electron chi connectivity index (χ3n) is 2.56. The number of aliphatic hydroxyl groups is 1. The monoisotopic (exact) mass is 174 g/mol. The molecule has 1 heterocycles. The molecule has 1 fully saturated rings. The van der Waals surface area contributed by atoms with Gasteiger partial charge in [0.25, 0.3) is 0 Å². The van der Waals surface area contributed by atoms with E-state index < -0.39 is 6.29 Å². The van der Waals surface area contributed by atoms with Crippen LogP contribution in [0.15, 0.2) is 0 Å². The van der Waals surface area contributed by atoms with Gasteiger partial charge in [-0.05, 0) is 6.92 Å². The Morgan fingerprint density at radius 1 is 1.25 bits per heavy atom. The molecule has 0 radical (unpaired) electrons. The summed E-state index contributed by atoms with van der Waals surface area (Å²) in [5.74, 6) is 0. The van der Waals surface area contributed by atoms with Crippen molar-refractivity contribution in [1.82, 2.24) is 0 Å².